The molecule has 0 saturated carbocycles. The van der Waals surface area contributed by atoms with Crippen LogP contribution < -0.4 is 4.74 Å². The van der Waals surface area contributed by atoms with Gasteiger partial charge >= 0.3 is 18.5 Å². The second-order valence-electron chi connectivity index (χ2n) is 4.88. The van der Waals surface area contributed by atoms with Crippen LogP contribution in [0, 0.1) is 0 Å². The Morgan fingerprint density at radius 1 is 1.12 bits per heavy atom. The summed E-state index contributed by atoms with van der Waals surface area (Å²) in [4.78, 5) is 14.5. The minimum absolute atomic E-state index is 0.00766. The molecule has 0 spiro atoms. The molecule has 0 amide bonds. The normalized spacial score (nSPS) is 12.1. The van der Waals surface area contributed by atoms with Crippen LogP contribution in [0.1, 0.15) is 11.1 Å². The van der Waals surface area contributed by atoms with Crippen LogP contribution in [-0.2, 0) is 17.4 Å². The standard InChI is InChI=1S/C15H9F6NO3/c16-14(17,18)10-4-9(6-12(23)24)13(22-7-10)8-2-1-3-11(5-8)25-15(19,20)21/h1-5,7H,6H2,(H,23,24). The van der Waals surface area contributed by atoms with Gasteiger partial charge in [0.2, 0.25) is 0 Å². The Morgan fingerprint density at radius 2 is 1.80 bits per heavy atom. The van der Waals surface area contributed by atoms with E-state index in [1.807, 2.05) is 0 Å². The summed E-state index contributed by atoms with van der Waals surface area (Å²) in [5, 5.41) is 8.86. The molecule has 0 fully saturated rings. The van der Waals surface area contributed by atoms with Gasteiger partial charge in [0.05, 0.1) is 17.7 Å². The third kappa shape index (κ3) is 5.10. The van der Waals surface area contributed by atoms with Gasteiger partial charge in [-0.05, 0) is 23.8 Å². The number of carbonyl (C=O) groups is 1. The van der Waals surface area contributed by atoms with Crippen molar-refractivity contribution in [3.8, 4) is 17.0 Å². The Hall–Kier alpha value is -2.78. The molecule has 0 aliphatic heterocycles. The van der Waals surface area contributed by atoms with Gasteiger partial charge in [-0.25, -0.2) is 0 Å². The highest BCUT2D eigenvalue weighted by Gasteiger charge is 2.33. The number of halogens is 6. The quantitative estimate of drug-likeness (QED) is 0.821. The second kappa shape index (κ2) is 6.61. The lowest BCUT2D eigenvalue weighted by Gasteiger charge is -2.13. The first kappa shape index (κ1) is 18.6. The molecule has 10 heteroatoms. The molecule has 1 aromatic heterocycles. The van der Waals surface area contributed by atoms with Gasteiger partial charge in [-0.15, -0.1) is 13.2 Å². The van der Waals surface area contributed by atoms with Crippen LogP contribution in [0.5, 0.6) is 5.75 Å². The number of hydrogen-bond donors (Lipinski definition) is 1. The van der Waals surface area contributed by atoms with E-state index in [0.29, 0.717) is 12.3 Å². The minimum Gasteiger partial charge on any atom is -0.481 e. The number of aromatic nitrogens is 1. The van der Waals surface area contributed by atoms with Gasteiger partial charge in [-0.3, -0.25) is 9.78 Å². The van der Waals surface area contributed by atoms with Gasteiger partial charge in [-0.2, -0.15) is 13.2 Å². The first-order valence-electron chi connectivity index (χ1n) is 6.60. The first-order chi connectivity index (χ1) is 11.5. The second-order valence-corrected chi connectivity index (χ2v) is 4.88. The van der Waals surface area contributed by atoms with Crippen molar-refractivity contribution >= 4 is 5.97 Å². The zero-order valence-electron chi connectivity index (χ0n) is 12.1. The maximum Gasteiger partial charge on any atom is 0.573 e. The molecule has 0 radical (unpaired) electrons. The topological polar surface area (TPSA) is 59.4 Å². The highest BCUT2D eigenvalue weighted by atomic mass is 19.4. The Labute approximate surface area is 136 Å². The van der Waals surface area contributed by atoms with Gasteiger partial charge in [0.25, 0.3) is 0 Å². The van der Waals surface area contributed by atoms with Crippen molar-refractivity contribution in [3.63, 3.8) is 0 Å². The van der Waals surface area contributed by atoms with Crippen LogP contribution in [0.15, 0.2) is 36.5 Å². The van der Waals surface area contributed by atoms with Crippen LogP contribution in [0.4, 0.5) is 26.3 Å². The molecule has 0 unspecified atom stereocenters. The van der Waals surface area contributed by atoms with E-state index < -0.39 is 36.2 Å². The number of nitrogens with zero attached hydrogens (tertiary/aromatic N) is 1. The van der Waals surface area contributed by atoms with Gasteiger partial charge in [0, 0.05) is 11.8 Å². The number of ether oxygens (including phenoxy) is 1. The van der Waals surface area contributed by atoms with Crippen molar-refractivity contribution in [1.29, 1.82) is 0 Å². The number of aliphatic carboxylic acids is 1. The molecule has 2 aromatic rings. The van der Waals surface area contributed by atoms with Crippen molar-refractivity contribution < 1.29 is 41.0 Å². The lowest BCUT2D eigenvalue weighted by molar-refractivity contribution is -0.274. The summed E-state index contributed by atoms with van der Waals surface area (Å²) in [5.41, 5.74) is -1.63. The van der Waals surface area contributed by atoms with Gasteiger partial charge < -0.3 is 9.84 Å². The summed E-state index contributed by atoms with van der Waals surface area (Å²) < 4.78 is 78.8. The fourth-order valence-corrected chi connectivity index (χ4v) is 2.06. The maximum absolute atomic E-state index is 12.8. The first-order valence-corrected chi connectivity index (χ1v) is 6.60. The lowest BCUT2D eigenvalue weighted by atomic mass is 10.0. The van der Waals surface area contributed by atoms with Gasteiger partial charge in [-0.1, -0.05) is 12.1 Å². The van der Waals surface area contributed by atoms with Crippen molar-refractivity contribution in [2.75, 3.05) is 0 Å². The van der Waals surface area contributed by atoms with Crippen LogP contribution in [0.25, 0.3) is 11.3 Å². The van der Waals surface area contributed by atoms with Crippen LogP contribution in [0.2, 0.25) is 0 Å². The molecule has 0 atom stereocenters. The summed E-state index contributed by atoms with van der Waals surface area (Å²) in [5.74, 6) is -2.02. The molecule has 1 heterocycles. The van der Waals surface area contributed by atoms with E-state index in [9.17, 15) is 31.1 Å². The SMILES string of the molecule is O=C(O)Cc1cc(C(F)(F)F)cnc1-c1cccc(OC(F)(F)F)c1. The summed E-state index contributed by atoms with van der Waals surface area (Å²) in [6.07, 6.45) is -9.98. The molecule has 0 aliphatic rings. The Kier molecular flexibility index (Phi) is 4.91. The van der Waals surface area contributed by atoms with Gasteiger partial charge in [0.1, 0.15) is 5.75 Å². The number of rotatable bonds is 4. The third-order valence-corrected chi connectivity index (χ3v) is 2.98. The average molecular weight is 365 g/mol. The number of carboxylic acid groups (broad SMARTS) is 1. The molecular weight excluding hydrogens is 356 g/mol. The Morgan fingerprint density at radius 3 is 2.36 bits per heavy atom. The van der Waals surface area contributed by atoms with E-state index in [2.05, 4.69) is 9.72 Å². The molecule has 0 bridgehead atoms. The molecule has 1 aromatic carbocycles. The zero-order chi connectivity index (χ0) is 18.8. The number of benzene rings is 1. The minimum atomic E-state index is -4.95. The Balaban J connectivity index is 2.51. The number of alkyl halides is 6. The monoisotopic (exact) mass is 365 g/mol. The maximum atomic E-state index is 12.8. The number of carboxylic acids is 1. The van der Waals surface area contributed by atoms with E-state index in [0.717, 1.165) is 12.1 Å². The largest absolute Gasteiger partial charge is 0.573 e. The summed E-state index contributed by atoms with van der Waals surface area (Å²) in [6.45, 7) is 0. The Bertz CT molecular complexity index is 786. The average Bonchev–Trinajstić information content (AvgIpc) is 2.44. The predicted octanol–water partition coefficient (Wildman–Crippen LogP) is 4.29. The number of pyridine rings is 1. The third-order valence-electron chi connectivity index (χ3n) is 2.98. The van der Waals surface area contributed by atoms with Crippen molar-refractivity contribution in [2.24, 2.45) is 0 Å². The number of hydrogen-bond acceptors (Lipinski definition) is 3. The molecule has 134 valence electrons. The lowest BCUT2D eigenvalue weighted by Crippen LogP contribution is -2.17. The van der Waals surface area contributed by atoms with Crippen LogP contribution in [-0.4, -0.2) is 22.4 Å². The summed E-state index contributed by atoms with van der Waals surface area (Å²) in [7, 11) is 0. The highest BCUT2D eigenvalue weighted by molar-refractivity contribution is 5.75. The van der Waals surface area contributed by atoms with E-state index in [1.54, 1.807) is 0 Å². The molecule has 0 saturated heterocycles. The van der Waals surface area contributed by atoms with E-state index in [1.165, 1.54) is 12.1 Å². The van der Waals surface area contributed by atoms with Crippen LogP contribution in [0.3, 0.4) is 0 Å². The smallest absolute Gasteiger partial charge is 0.481 e. The van der Waals surface area contributed by atoms with Crippen LogP contribution >= 0.6 is 0 Å². The molecule has 1 N–H and O–H groups in total. The van der Waals surface area contributed by atoms with E-state index in [-0.39, 0.29) is 16.8 Å². The molecular formula is C15H9F6NO3. The van der Waals surface area contributed by atoms with Gasteiger partial charge in [0.15, 0.2) is 0 Å². The van der Waals surface area contributed by atoms with E-state index in [4.69, 9.17) is 5.11 Å². The van der Waals surface area contributed by atoms with Crippen molar-refractivity contribution in [1.82, 2.24) is 4.98 Å². The molecule has 25 heavy (non-hydrogen) atoms. The van der Waals surface area contributed by atoms with Crippen molar-refractivity contribution in [2.45, 2.75) is 19.0 Å². The fraction of sp³-hybridized carbons (Fsp3) is 0.200. The highest BCUT2D eigenvalue weighted by Crippen LogP contribution is 2.33. The summed E-state index contributed by atoms with van der Waals surface area (Å²) in [6, 6.07) is 4.98. The molecule has 2 rings (SSSR count). The molecule has 0 aliphatic carbocycles. The predicted molar refractivity (Wildman–Crippen MR) is 72.7 cm³/mol. The fourth-order valence-electron chi connectivity index (χ4n) is 2.06. The zero-order valence-corrected chi connectivity index (χ0v) is 12.1. The summed E-state index contributed by atoms with van der Waals surface area (Å²) >= 11 is 0. The van der Waals surface area contributed by atoms with E-state index >= 15 is 0 Å². The molecule has 4 nitrogen and oxygen atoms in total. The van der Waals surface area contributed by atoms with Crippen molar-refractivity contribution in [3.05, 3.63) is 47.7 Å².